The molecule has 2 amide bonds. The molecule has 0 fully saturated rings. The van der Waals surface area contributed by atoms with Crippen molar-refractivity contribution in [2.75, 3.05) is 5.32 Å². The molecule has 0 radical (unpaired) electrons. The summed E-state index contributed by atoms with van der Waals surface area (Å²) in [6, 6.07) is 1.65. The number of rotatable bonds is 2. The number of amides is 2. The van der Waals surface area contributed by atoms with Crippen molar-refractivity contribution in [3.8, 4) is 0 Å². The fourth-order valence-corrected chi connectivity index (χ4v) is 1.78. The molecule has 72 valence electrons. The number of anilines is 1. The fourth-order valence-electron chi connectivity index (χ4n) is 0.784. The molecule has 1 heterocycles. The first-order valence-corrected chi connectivity index (χ1v) is 5.16. The molecule has 0 saturated heterocycles. The topological polar surface area (TPSA) is 41.1 Å². The Morgan fingerprint density at radius 1 is 1.62 bits per heavy atom. The third-order valence-electron chi connectivity index (χ3n) is 1.26. The predicted octanol–water partition coefficient (Wildman–Crippen LogP) is 2.93. The van der Waals surface area contributed by atoms with Gasteiger partial charge >= 0.3 is 6.03 Å². The first kappa shape index (κ1) is 10.3. The van der Waals surface area contributed by atoms with E-state index in [0.717, 1.165) is 0 Å². The summed E-state index contributed by atoms with van der Waals surface area (Å²) >= 11 is 7.19. The third-order valence-corrected chi connectivity index (χ3v) is 2.52. The fraction of sp³-hybridized carbons (Fsp3) is 0.375. The molecule has 3 nitrogen and oxygen atoms in total. The highest BCUT2D eigenvalue weighted by molar-refractivity contribution is 7.15. The zero-order chi connectivity index (χ0) is 9.84. The predicted molar refractivity (Wildman–Crippen MR) is 56.6 cm³/mol. The molecule has 0 aliphatic carbocycles. The van der Waals surface area contributed by atoms with Crippen molar-refractivity contribution in [1.29, 1.82) is 0 Å². The number of thiophene rings is 1. The van der Waals surface area contributed by atoms with Crippen LogP contribution < -0.4 is 10.6 Å². The lowest BCUT2D eigenvalue weighted by atomic mass is 10.4. The molecule has 0 aliphatic rings. The van der Waals surface area contributed by atoms with E-state index in [2.05, 4.69) is 10.6 Å². The minimum Gasteiger partial charge on any atom is -0.336 e. The van der Waals surface area contributed by atoms with Gasteiger partial charge in [0.05, 0.1) is 5.02 Å². The van der Waals surface area contributed by atoms with Gasteiger partial charge in [-0.2, -0.15) is 0 Å². The van der Waals surface area contributed by atoms with Crippen LogP contribution in [0.15, 0.2) is 11.4 Å². The molecule has 0 atom stereocenters. The minimum atomic E-state index is -0.223. The van der Waals surface area contributed by atoms with E-state index in [4.69, 9.17) is 11.6 Å². The highest BCUT2D eigenvalue weighted by Gasteiger charge is 2.06. The van der Waals surface area contributed by atoms with E-state index < -0.39 is 0 Å². The van der Waals surface area contributed by atoms with Crippen LogP contribution in [0.3, 0.4) is 0 Å². The Bertz CT molecular complexity index is 298. The Balaban J connectivity index is 2.50. The van der Waals surface area contributed by atoms with Gasteiger partial charge in [0, 0.05) is 6.04 Å². The van der Waals surface area contributed by atoms with Crippen molar-refractivity contribution in [2.24, 2.45) is 0 Å². The summed E-state index contributed by atoms with van der Waals surface area (Å²) < 4.78 is 0. The monoisotopic (exact) mass is 218 g/mol. The van der Waals surface area contributed by atoms with Crippen LogP contribution in [-0.4, -0.2) is 12.1 Å². The molecule has 1 rings (SSSR count). The van der Waals surface area contributed by atoms with Crippen molar-refractivity contribution in [3.05, 3.63) is 16.5 Å². The van der Waals surface area contributed by atoms with Gasteiger partial charge in [0.15, 0.2) is 0 Å². The highest BCUT2D eigenvalue weighted by Crippen LogP contribution is 2.27. The molecular formula is C8H11ClN2OS. The Labute approximate surface area is 86.1 Å². The van der Waals surface area contributed by atoms with Crippen molar-refractivity contribution in [2.45, 2.75) is 19.9 Å². The summed E-state index contributed by atoms with van der Waals surface area (Å²) in [5, 5.41) is 8.44. The molecule has 0 bridgehead atoms. The van der Waals surface area contributed by atoms with Crippen molar-refractivity contribution >= 4 is 34.0 Å². The van der Waals surface area contributed by atoms with Gasteiger partial charge < -0.3 is 5.32 Å². The largest absolute Gasteiger partial charge is 0.336 e. The van der Waals surface area contributed by atoms with Gasteiger partial charge in [-0.3, -0.25) is 5.32 Å². The van der Waals surface area contributed by atoms with Crippen LogP contribution in [0.5, 0.6) is 0 Å². The number of halogens is 1. The summed E-state index contributed by atoms with van der Waals surface area (Å²) in [6.07, 6.45) is 0. The lowest BCUT2D eigenvalue weighted by molar-refractivity contribution is 0.250. The summed E-state index contributed by atoms with van der Waals surface area (Å²) in [7, 11) is 0. The normalized spacial score (nSPS) is 10.2. The van der Waals surface area contributed by atoms with Crippen molar-refractivity contribution in [1.82, 2.24) is 5.32 Å². The lowest BCUT2D eigenvalue weighted by Gasteiger charge is -2.08. The van der Waals surface area contributed by atoms with Gasteiger partial charge in [-0.15, -0.1) is 11.3 Å². The van der Waals surface area contributed by atoms with Crippen LogP contribution in [0.1, 0.15) is 13.8 Å². The molecule has 0 aromatic carbocycles. The van der Waals surface area contributed by atoms with Crippen LogP contribution in [0.25, 0.3) is 0 Å². The molecule has 0 unspecified atom stereocenters. The van der Waals surface area contributed by atoms with E-state index in [1.807, 2.05) is 19.2 Å². The Hall–Kier alpha value is -0.740. The quantitative estimate of drug-likeness (QED) is 0.788. The summed E-state index contributed by atoms with van der Waals surface area (Å²) in [4.78, 5) is 11.2. The molecule has 5 heteroatoms. The smallest absolute Gasteiger partial charge is 0.320 e. The average Bonchev–Trinajstić information content (AvgIpc) is 2.34. The molecule has 1 aromatic rings. The van der Waals surface area contributed by atoms with Crippen LogP contribution in [0.4, 0.5) is 9.80 Å². The number of urea groups is 1. The number of nitrogens with one attached hydrogen (secondary N) is 2. The molecule has 2 N–H and O–H groups in total. The molecule has 0 saturated carbocycles. The Kier molecular flexibility index (Phi) is 3.57. The summed E-state index contributed by atoms with van der Waals surface area (Å²) in [6.45, 7) is 3.80. The summed E-state index contributed by atoms with van der Waals surface area (Å²) in [5.41, 5.74) is 0. The van der Waals surface area contributed by atoms with E-state index >= 15 is 0 Å². The third kappa shape index (κ3) is 3.24. The van der Waals surface area contributed by atoms with Gasteiger partial charge in [-0.05, 0) is 25.3 Å². The van der Waals surface area contributed by atoms with Gasteiger partial charge in [-0.1, -0.05) is 11.6 Å². The minimum absolute atomic E-state index is 0.124. The van der Waals surface area contributed by atoms with Gasteiger partial charge in [-0.25, -0.2) is 4.79 Å². The maximum Gasteiger partial charge on any atom is 0.320 e. The molecule has 0 spiro atoms. The maximum absolute atomic E-state index is 11.2. The van der Waals surface area contributed by atoms with E-state index in [9.17, 15) is 4.79 Å². The zero-order valence-electron chi connectivity index (χ0n) is 7.43. The molecule has 1 aromatic heterocycles. The van der Waals surface area contributed by atoms with E-state index in [-0.39, 0.29) is 12.1 Å². The Morgan fingerprint density at radius 3 is 2.77 bits per heavy atom. The first-order valence-electron chi connectivity index (χ1n) is 3.90. The number of carbonyl (C=O) groups is 1. The zero-order valence-corrected chi connectivity index (χ0v) is 9.00. The van der Waals surface area contributed by atoms with Crippen LogP contribution in [-0.2, 0) is 0 Å². The van der Waals surface area contributed by atoms with Crippen molar-refractivity contribution in [3.63, 3.8) is 0 Å². The number of hydrogen-bond acceptors (Lipinski definition) is 2. The van der Waals surface area contributed by atoms with Crippen LogP contribution in [0, 0.1) is 0 Å². The number of carbonyl (C=O) groups excluding carboxylic acids is 1. The van der Waals surface area contributed by atoms with Gasteiger partial charge in [0.25, 0.3) is 0 Å². The standard InChI is InChI=1S/C8H11ClN2OS/c1-5(2)10-8(12)11-7-6(9)3-4-13-7/h3-5H,1-2H3,(H2,10,11,12). The number of hydrogen-bond donors (Lipinski definition) is 2. The van der Waals surface area contributed by atoms with E-state index in [1.165, 1.54) is 11.3 Å². The summed E-state index contributed by atoms with van der Waals surface area (Å²) in [5.74, 6) is 0. The average molecular weight is 219 g/mol. The Morgan fingerprint density at radius 2 is 2.31 bits per heavy atom. The maximum atomic E-state index is 11.2. The van der Waals surface area contributed by atoms with Gasteiger partial charge in [0.1, 0.15) is 5.00 Å². The highest BCUT2D eigenvalue weighted by atomic mass is 35.5. The van der Waals surface area contributed by atoms with Crippen molar-refractivity contribution < 1.29 is 4.79 Å². The lowest BCUT2D eigenvalue weighted by Crippen LogP contribution is -2.33. The van der Waals surface area contributed by atoms with Gasteiger partial charge in [0.2, 0.25) is 0 Å². The van der Waals surface area contributed by atoms with E-state index in [1.54, 1.807) is 6.07 Å². The second-order valence-corrected chi connectivity index (χ2v) is 4.17. The second kappa shape index (κ2) is 4.48. The SMILES string of the molecule is CC(C)NC(=O)Nc1sccc1Cl. The van der Waals surface area contributed by atoms with E-state index in [0.29, 0.717) is 10.0 Å². The first-order chi connectivity index (χ1) is 6.09. The van der Waals surface area contributed by atoms with Crippen LogP contribution in [0.2, 0.25) is 5.02 Å². The molecule has 0 aliphatic heterocycles. The second-order valence-electron chi connectivity index (χ2n) is 2.85. The molecular weight excluding hydrogens is 208 g/mol. The molecule has 13 heavy (non-hydrogen) atoms. The van der Waals surface area contributed by atoms with Crippen LogP contribution >= 0.6 is 22.9 Å².